The van der Waals surface area contributed by atoms with Crippen LogP contribution in [0.2, 0.25) is 0 Å². The topological polar surface area (TPSA) is 176 Å². The quantitative estimate of drug-likeness (QED) is 0.0151. The van der Waals surface area contributed by atoms with E-state index in [9.17, 15) is 31.3 Å². The molecule has 368 valence electrons. The molecule has 0 aromatic heterocycles. The van der Waals surface area contributed by atoms with E-state index in [4.69, 9.17) is 4.55 Å². The van der Waals surface area contributed by atoms with Gasteiger partial charge in [0.05, 0.1) is 15.9 Å². The second-order valence-electron chi connectivity index (χ2n) is 17.4. The molecular weight excluding hydrogens is 861 g/mol. The van der Waals surface area contributed by atoms with Crippen molar-refractivity contribution in [3.63, 3.8) is 0 Å². The first-order valence-electron chi connectivity index (χ1n) is 25.6. The summed E-state index contributed by atoms with van der Waals surface area (Å²) in [6.07, 6.45) is 54.0. The molecule has 2 N–H and O–H groups in total. The third-order valence-electron chi connectivity index (χ3n) is 11.1. The van der Waals surface area contributed by atoms with Crippen LogP contribution in [0.1, 0.15) is 258 Å². The zero-order chi connectivity index (χ0) is 46.1. The zero-order valence-corrected chi connectivity index (χ0v) is 44.6. The minimum atomic E-state index is -4.19. The summed E-state index contributed by atoms with van der Waals surface area (Å²) in [5.74, 6) is -0.955. The van der Waals surface area contributed by atoms with Crippen molar-refractivity contribution in [1.29, 1.82) is 0 Å². The van der Waals surface area contributed by atoms with Gasteiger partial charge in [0.1, 0.15) is 0 Å². The Kier molecular flexibility index (Phi) is 55.6. The van der Waals surface area contributed by atoms with E-state index in [0.29, 0.717) is 19.4 Å². The van der Waals surface area contributed by atoms with E-state index in [0.717, 1.165) is 32.1 Å². The average molecular weight is 958 g/mol. The molecule has 13 heteroatoms. The normalized spacial score (nSPS) is 12.2. The molecule has 0 aromatic carbocycles. The van der Waals surface area contributed by atoms with Crippen LogP contribution in [0.4, 0.5) is 0 Å². The largest absolute Gasteiger partial charge is 2.00 e. The molecule has 0 aliphatic heterocycles. The second-order valence-corrected chi connectivity index (χ2v) is 20.5. The number of aliphatic imine (C=N–C) groups is 1. The monoisotopic (exact) mass is 957 g/mol. The number of amides is 1. The van der Waals surface area contributed by atoms with Crippen molar-refractivity contribution in [3.8, 4) is 0 Å². The summed E-state index contributed by atoms with van der Waals surface area (Å²) in [5.41, 5.74) is 0. The molecule has 0 radical (unpaired) electrons. The number of allylic oxidation sites excluding steroid dienone is 4. The van der Waals surface area contributed by atoms with E-state index in [1.54, 1.807) is 0 Å². The fourth-order valence-electron chi connectivity index (χ4n) is 7.21. The standard InChI is InChI=1S/2C25H49NO4S.Ca/c2*1-2-3-4-5-6-7-8-9-10-11-12-13-14-15-16-17-18-19-20-22-25(27)26-23-21-24-31(28,29)30;/h2*9-10H,2-8,11-24H2,1H3,(H,26,27)(H,28,29,30);/q;;+2/p-2/b2*10-9-;. The van der Waals surface area contributed by atoms with Crippen molar-refractivity contribution in [1.82, 2.24) is 5.32 Å². The third kappa shape index (κ3) is 65.9. The molecule has 10 nitrogen and oxygen atoms in total. The maximum atomic E-state index is 11.6. The summed E-state index contributed by atoms with van der Waals surface area (Å²) in [6.45, 7) is 4.96. The molecule has 0 saturated heterocycles. The number of nitrogens with zero attached hydrogens (tertiary/aromatic N) is 1. The third-order valence-corrected chi connectivity index (χ3v) is 12.7. The van der Waals surface area contributed by atoms with E-state index in [1.807, 2.05) is 0 Å². The van der Waals surface area contributed by atoms with Crippen LogP contribution in [-0.2, 0) is 25.0 Å². The van der Waals surface area contributed by atoms with Crippen molar-refractivity contribution in [2.75, 3.05) is 24.6 Å². The molecule has 63 heavy (non-hydrogen) atoms. The molecule has 0 fully saturated rings. The van der Waals surface area contributed by atoms with Crippen molar-refractivity contribution in [2.24, 2.45) is 4.99 Å². The number of hydrogen-bond acceptors (Lipinski definition) is 8. The van der Waals surface area contributed by atoms with Gasteiger partial charge in [-0.2, -0.15) is 8.42 Å². The van der Waals surface area contributed by atoms with Crippen LogP contribution in [0.5, 0.6) is 0 Å². The predicted molar refractivity (Wildman–Crippen MR) is 267 cm³/mol. The predicted octanol–water partition coefficient (Wildman–Crippen LogP) is 12.9. The Labute approximate surface area is 419 Å². The summed E-state index contributed by atoms with van der Waals surface area (Å²) in [5, 5.41) is 14.2. The van der Waals surface area contributed by atoms with Crippen LogP contribution >= 0.6 is 0 Å². The van der Waals surface area contributed by atoms with Gasteiger partial charge in [-0.25, -0.2) is 8.42 Å². The van der Waals surface area contributed by atoms with Gasteiger partial charge >= 0.3 is 37.7 Å². The maximum Gasteiger partial charge on any atom is 2.00 e. The molecule has 0 aliphatic carbocycles. The first kappa shape index (κ1) is 66.8. The Morgan fingerprint density at radius 1 is 0.492 bits per heavy atom. The van der Waals surface area contributed by atoms with E-state index in [2.05, 4.69) is 48.5 Å². The van der Waals surface area contributed by atoms with Gasteiger partial charge in [0.2, 0.25) is 5.91 Å². The molecule has 0 saturated carbocycles. The zero-order valence-electron chi connectivity index (χ0n) is 40.8. The Balaban J connectivity index is -0.00000112. The van der Waals surface area contributed by atoms with Crippen LogP contribution in [0, 0.1) is 0 Å². The Morgan fingerprint density at radius 2 is 0.825 bits per heavy atom. The van der Waals surface area contributed by atoms with Gasteiger partial charge in [-0.3, -0.25) is 9.35 Å². The minimum absolute atomic E-state index is 0. The van der Waals surface area contributed by atoms with Crippen molar-refractivity contribution in [3.05, 3.63) is 24.3 Å². The van der Waals surface area contributed by atoms with Crippen molar-refractivity contribution < 1.29 is 35.8 Å². The Morgan fingerprint density at radius 3 is 1.17 bits per heavy atom. The van der Waals surface area contributed by atoms with E-state index in [-0.39, 0.29) is 74.7 Å². The summed E-state index contributed by atoms with van der Waals surface area (Å²) in [6, 6.07) is 0. The number of hydrogen-bond donors (Lipinski definition) is 2. The van der Waals surface area contributed by atoms with E-state index >= 15 is 0 Å². The molecular formula is C50H96CaN2O8S2. The van der Waals surface area contributed by atoms with E-state index < -0.39 is 26.0 Å². The first-order chi connectivity index (χ1) is 29.9. The summed E-state index contributed by atoms with van der Waals surface area (Å²) in [4.78, 5) is 15.4. The smallest absolute Gasteiger partial charge is 0.862 e. The summed E-state index contributed by atoms with van der Waals surface area (Å²) >= 11 is 0. The molecule has 0 bridgehead atoms. The molecule has 0 unspecified atom stereocenters. The van der Waals surface area contributed by atoms with E-state index in [1.165, 1.54) is 186 Å². The Hall–Kier alpha value is -0.500. The van der Waals surface area contributed by atoms with Crippen LogP contribution in [0.15, 0.2) is 29.3 Å². The van der Waals surface area contributed by atoms with Gasteiger partial charge in [-0.1, -0.05) is 192 Å². The van der Waals surface area contributed by atoms with Crippen LogP contribution in [0.25, 0.3) is 0 Å². The van der Waals surface area contributed by atoms with Gasteiger partial charge in [-0.05, 0) is 89.4 Å². The van der Waals surface area contributed by atoms with Crippen molar-refractivity contribution >= 4 is 69.8 Å². The molecule has 0 heterocycles. The van der Waals surface area contributed by atoms with Gasteiger partial charge in [0.25, 0.3) is 10.1 Å². The number of carbonyl (C=O) groups excluding carboxylic acids is 1. The minimum Gasteiger partial charge on any atom is -0.862 e. The van der Waals surface area contributed by atoms with Crippen LogP contribution < -0.4 is 10.4 Å². The fourth-order valence-corrected chi connectivity index (χ4v) is 8.20. The molecule has 0 aromatic rings. The molecule has 0 spiro atoms. The maximum absolute atomic E-state index is 11.6. The summed E-state index contributed by atoms with van der Waals surface area (Å²) < 4.78 is 61.1. The first-order valence-corrected chi connectivity index (χ1v) is 28.8. The van der Waals surface area contributed by atoms with Crippen LogP contribution in [-0.4, -0.2) is 100 Å². The molecule has 1 amide bonds. The SMILES string of the molecule is CCCCCCCC/C=C\CCCCCCCCCCCC(=O)NCCCS(=O)(=O)O.CCCCCCCC/C=C\CCCCCCCCCCCC([O-])=NCCCS(=O)(=O)[O-].[Ca+2]. The van der Waals surface area contributed by atoms with Gasteiger partial charge in [0.15, 0.2) is 0 Å². The number of unbranched alkanes of at least 4 members (excludes halogenated alkanes) is 30. The van der Waals surface area contributed by atoms with Gasteiger partial charge in [-0.15, -0.1) is 0 Å². The average Bonchev–Trinajstić information content (AvgIpc) is 3.22. The Bertz CT molecular complexity index is 1280. The number of carbonyl (C=O) groups is 1. The van der Waals surface area contributed by atoms with Gasteiger partial charge < -0.3 is 20.0 Å². The summed E-state index contributed by atoms with van der Waals surface area (Å²) in [7, 11) is -8.12. The fraction of sp³-hybridized carbons (Fsp3) is 0.880. The number of nitrogens with one attached hydrogen (secondary N) is 1. The molecule has 0 rings (SSSR count). The van der Waals surface area contributed by atoms with Gasteiger partial charge in [0, 0.05) is 25.3 Å². The van der Waals surface area contributed by atoms with Crippen molar-refractivity contribution in [2.45, 2.75) is 258 Å². The second kappa shape index (κ2) is 52.5. The number of rotatable bonds is 46. The van der Waals surface area contributed by atoms with Crippen LogP contribution in [0.3, 0.4) is 0 Å². The molecule has 0 atom stereocenters. The molecule has 0 aliphatic rings.